The molecule has 2 aromatic rings. The molecule has 1 aliphatic rings. The van der Waals surface area contributed by atoms with Crippen LogP contribution in [-0.2, 0) is 17.8 Å². The molecular weight excluding hydrogens is 314 g/mol. The Morgan fingerprint density at radius 1 is 1.39 bits per heavy atom. The standard InChI is InChI=1S/C17H17NO4S/c1-10(20)18-4-3-15-12(8-18)7-16(23-15)11-5-13(9-19)17(21)14(6-11)22-2/h5-7,9,21H,3-4,8H2,1-2H3. The number of aldehydes is 1. The number of carbonyl (C=O) groups is 2. The molecular formula is C17H17NO4S. The highest BCUT2D eigenvalue weighted by Crippen LogP contribution is 2.39. The number of hydrogen-bond acceptors (Lipinski definition) is 5. The molecule has 1 aromatic heterocycles. The van der Waals surface area contributed by atoms with E-state index in [4.69, 9.17) is 4.74 Å². The fourth-order valence-electron chi connectivity index (χ4n) is 2.76. The molecule has 0 spiro atoms. The van der Waals surface area contributed by atoms with E-state index in [9.17, 15) is 14.7 Å². The number of nitrogens with zero attached hydrogens (tertiary/aromatic N) is 1. The maximum absolute atomic E-state index is 11.5. The lowest BCUT2D eigenvalue weighted by Crippen LogP contribution is -2.33. The quantitative estimate of drug-likeness (QED) is 0.878. The minimum Gasteiger partial charge on any atom is -0.504 e. The molecule has 1 N–H and O–H groups in total. The maximum Gasteiger partial charge on any atom is 0.219 e. The Bertz CT molecular complexity index is 781. The van der Waals surface area contributed by atoms with E-state index in [1.165, 1.54) is 12.0 Å². The van der Waals surface area contributed by atoms with Crippen molar-refractivity contribution in [2.45, 2.75) is 19.9 Å². The summed E-state index contributed by atoms with van der Waals surface area (Å²) in [6.45, 7) is 2.94. The normalized spacial score (nSPS) is 13.6. The van der Waals surface area contributed by atoms with Gasteiger partial charge in [-0.3, -0.25) is 9.59 Å². The fourth-order valence-corrected chi connectivity index (χ4v) is 3.91. The number of fused-ring (bicyclic) bond motifs is 1. The van der Waals surface area contributed by atoms with Crippen molar-refractivity contribution in [3.05, 3.63) is 34.2 Å². The first kappa shape index (κ1) is 15.6. The van der Waals surface area contributed by atoms with Crippen molar-refractivity contribution in [3.63, 3.8) is 0 Å². The minimum absolute atomic E-state index is 0.0814. The molecule has 120 valence electrons. The van der Waals surface area contributed by atoms with E-state index in [-0.39, 0.29) is 23.0 Å². The molecule has 6 heteroatoms. The molecule has 23 heavy (non-hydrogen) atoms. The highest BCUT2D eigenvalue weighted by atomic mass is 32.1. The van der Waals surface area contributed by atoms with Crippen molar-refractivity contribution in [1.29, 1.82) is 0 Å². The average molecular weight is 331 g/mol. The third-order valence-corrected chi connectivity index (χ3v) is 5.33. The summed E-state index contributed by atoms with van der Waals surface area (Å²) in [5, 5.41) is 9.92. The molecule has 0 unspecified atom stereocenters. The van der Waals surface area contributed by atoms with Gasteiger partial charge in [0.2, 0.25) is 5.91 Å². The number of hydrogen-bond donors (Lipinski definition) is 1. The second-order valence-electron chi connectivity index (χ2n) is 5.48. The number of phenolic OH excluding ortho intramolecular Hbond substituents is 1. The van der Waals surface area contributed by atoms with E-state index in [2.05, 4.69) is 6.07 Å². The predicted molar refractivity (Wildman–Crippen MR) is 88.2 cm³/mol. The Labute approximate surface area is 138 Å². The minimum atomic E-state index is -0.143. The van der Waals surface area contributed by atoms with Gasteiger partial charge < -0.3 is 14.7 Å². The smallest absolute Gasteiger partial charge is 0.219 e. The lowest BCUT2D eigenvalue weighted by atomic mass is 10.1. The van der Waals surface area contributed by atoms with Gasteiger partial charge in [-0.2, -0.15) is 0 Å². The molecule has 0 radical (unpaired) electrons. The molecule has 0 aliphatic carbocycles. The molecule has 5 nitrogen and oxygen atoms in total. The average Bonchev–Trinajstić information content (AvgIpc) is 2.98. The monoisotopic (exact) mass is 331 g/mol. The van der Waals surface area contributed by atoms with Gasteiger partial charge in [-0.25, -0.2) is 0 Å². The van der Waals surface area contributed by atoms with E-state index >= 15 is 0 Å². The number of amides is 1. The molecule has 0 bridgehead atoms. The second-order valence-corrected chi connectivity index (χ2v) is 6.62. The summed E-state index contributed by atoms with van der Waals surface area (Å²) in [6, 6.07) is 5.43. The van der Waals surface area contributed by atoms with Gasteiger partial charge in [0.25, 0.3) is 0 Å². The topological polar surface area (TPSA) is 66.8 Å². The summed E-state index contributed by atoms with van der Waals surface area (Å²) in [4.78, 5) is 26.8. The van der Waals surface area contributed by atoms with Crippen molar-refractivity contribution in [3.8, 4) is 21.9 Å². The van der Waals surface area contributed by atoms with Gasteiger partial charge in [0.15, 0.2) is 17.8 Å². The van der Waals surface area contributed by atoms with Crippen LogP contribution < -0.4 is 4.74 Å². The highest BCUT2D eigenvalue weighted by Gasteiger charge is 2.22. The molecule has 3 rings (SSSR count). The van der Waals surface area contributed by atoms with Gasteiger partial charge in [-0.05, 0) is 35.7 Å². The first-order valence-corrected chi connectivity index (χ1v) is 8.08. The predicted octanol–water partition coefficient (Wildman–Crippen LogP) is 2.85. The number of aromatic hydroxyl groups is 1. The van der Waals surface area contributed by atoms with Crippen LogP contribution in [0.4, 0.5) is 0 Å². The summed E-state index contributed by atoms with van der Waals surface area (Å²) in [5.41, 5.74) is 2.18. The van der Waals surface area contributed by atoms with Gasteiger partial charge in [-0.1, -0.05) is 0 Å². The van der Waals surface area contributed by atoms with Crippen LogP contribution in [0.1, 0.15) is 27.7 Å². The van der Waals surface area contributed by atoms with Gasteiger partial charge in [-0.15, -0.1) is 11.3 Å². The zero-order valence-corrected chi connectivity index (χ0v) is 13.8. The summed E-state index contributed by atoms with van der Waals surface area (Å²) in [6.07, 6.45) is 1.46. The van der Waals surface area contributed by atoms with E-state index in [0.29, 0.717) is 12.8 Å². The van der Waals surface area contributed by atoms with Crippen molar-refractivity contribution in [2.75, 3.05) is 13.7 Å². The Hall–Kier alpha value is -2.34. The molecule has 2 heterocycles. The van der Waals surface area contributed by atoms with Crippen LogP contribution in [0, 0.1) is 0 Å². The summed E-state index contributed by atoms with van der Waals surface area (Å²) >= 11 is 1.66. The first-order valence-electron chi connectivity index (χ1n) is 7.27. The van der Waals surface area contributed by atoms with Gasteiger partial charge in [0, 0.05) is 29.8 Å². The Morgan fingerprint density at radius 3 is 2.83 bits per heavy atom. The first-order chi connectivity index (χ1) is 11.0. The van der Waals surface area contributed by atoms with Crippen LogP contribution in [0.15, 0.2) is 18.2 Å². The number of carbonyl (C=O) groups excluding carboxylic acids is 2. The molecule has 0 atom stereocenters. The third-order valence-electron chi connectivity index (χ3n) is 4.05. The van der Waals surface area contributed by atoms with E-state index in [1.54, 1.807) is 30.4 Å². The Kier molecular flexibility index (Phi) is 4.09. The van der Waals surface area contributed by atoms with E-state index in [1.807, 2.05) is 4.90 Å². The number of phenols is 1. The molecule has 1 amide bonds. The summed E-state index contributed by atoms with van der Waals surface area (Å²) in [5.74, 6) is 0.217. The Morgan fingerprint density at radius 2 is 2.17 bits per heavy atom. The lowest BCUT2D eigenvalue weighted by Gasteiger charge is -2.25. The van der Waals surface area contributed by atoms with Crippen LogP contribution in [0.5, 0.6) is 11.5 Å². The van der Waals surface area contributed by atoms with Gasteiger partial charge in [0.1, 0.15) is 0 Å². The van der Waals surface area contributed by atoms with Crippen molar-refractivity contribution < 1.29 is 19.4 Å². The number of benzene rings is 1. The van der Waals surface area contributed by atoms with Crippen LogP contribution in [0.3, 0.4) is 0 Å². The number of methoxy groups -OCH3 is 1. The summed E-state index contributed by atoms with van der Waals surface area (Å²) in [7, 11) is 1.46. The fraction of sp³-hybridized carbons (Fsp3) is 0.294. The second kappa shape index (κ2) is 6.04. The molecule has 0 saturated heterocycles. The third kappa shape index (κ3) is 2.82. The Balaban J connectivity index is 2.01. The van der Waals surface area contributed by atoms with Crippen LogP contribution in [0.2, 0.25) is 0 Å². The van der Waals surface area contributed by atoms with Crippen LogP contribution in [-0.4, -0.2) is 35.9 Å². The van der Waals surface area contributed by atoms with Gasteiger partial charge >= 0.3 is 0 Å². The van der Waals surface area contributed by atoms with Gasteiger partial charge in [0.05, 0.1) is 12.7 Å². The van der Waals surface area contributed by atoms with Crippen LogP contribution >= 0.6 is 11.3 Å². The summed E-state index contributed by atoms with van der Waals surface area (Å²) < 4.78 is 5.14. The number of thiophene rings is 1. The highest BCUT2D eigenvalue weighted by molar-refractivity contribution is 7.15. The zero-order chi connectivity index (χ0) is 16.6. The number of rotatable bonds is 3. The van der Waals surface area contributed by atoms with Crippen molar-refractivity contribution >= 4 is 23.5 Å². The lowest BCUT2D eigenvalue weighted by molar-refractivity contribution is -0.129. The number of ether oxygens (including phenoxy) is 1. The van der Waals surface area contributed by atoms with Crippen LogP contribution in [0.25, 0.3) is 10.4 Å². The van der Waals surface area contributed by atoms with Crippen molar-refractivity contribution in [1.82, 2.24) is 4.90 Å². The molecule has 1 aliphatic heterocycles. The maximum atomic E-state index is 11.5. The molecule has 1 aromatic carbocycles. The zero-order valence-electron chi connectivity index (χ0n) is 13.0. The molecule has 0 saturated carbocycles. The van der Waals surface area contributed by atoms with Crippen molar-refractivity contribution in [2.24, 2.45) is 0 Å². The largest absolute Gasteiger partial charge is 0.504 e. The molecule has 0 fully saturated rings. The van der Waals surface area contributed by atoms with E-state index < -0.39 is 0 Å². The van der Waals surface area contributed by atoms with E-state index in [0.717, 1.165) is 29.0 Å². The SMILES string of the molecule is COc1cc(-c2cc3c(s2)CCN(C(C)=O)C3)cc(C=O)c1O.